The largest absolute Gasteiger partial charge is 0.423 e. The van der Waals surface area contributed by atoms with E-state index in [9.17, 15) is 9.18 Å². The lowest BCUT2D eigenvalue weighted by Gasteiger charge is -2.31. The summed E-state index contributed by atoms with van der Waals surface area (Å²) in [6.07, 6.45) is 6.15. The Bertz CT molecular complexity index is 1070. The van der Waals surface area contributed by atoms with Crippen molar-refractivity contribution in [1.29, 1.82) is 0 Å². The first-order chi connectivity index (χ1) is 13.7. The summed E-state index contributed by atoms with van der Waals surface area (Å²) in [6.45, 7) is 2.28. The zero-order valence-corrected chi connectivity index (χ0v) is 15.7. The van der Waals surface area contributed by atoms with E-state index < -0.39 is 0 Å². The van der Waals surface area contributed by atoms with Gasteiger partial charge in [0.05, 0.1) is 5.69 Å². The summed E-state index contributed by atoms with van der Waals surface area (Å²) in [5.74, 6) is 0.0963. The van der Waals surface area contributed by atoms with Crippen LogP contribution in [-0.4, -0.2) is 27.9 Å². The second-order valence-corrected chi connectivity index (χ2v) is 7.88. The minimum absolute atomic E-state index is 0.0176. The Kier molecular flexibility index (Phi) is 4.37. The molecule has 0 saturated carbocycles. The predicted molar refractivity (Wildman–Crippen MR) is 104 cm³/mol. The summed E-state index contributed by atoms with van der Waals surface area (Å²) in [7, 11) is 0. The van der Waals surface area contributed by atoms with Crippen LogP contribution in [0.25, 0.3) is 11.1 Å². The van der Waals surface area contributed by atoms with Gasteiger partial charge >= 0.3 is 0 Å². The molecule has 0 atom stereocenters. The molecule has 3 aromatic rings. The van der Waals surface area contributed by atoms with Gasteiger partial charge in [0.1, 0.15) is 11.3 Å². The molecule has 6 nitrogen and oxygen atoms in total. The zero-order chi connectivity index (χ0) is 19.1. The smallest absolute Gasteiger partial charge is 0.298 e. The third kappa shape index (κ3) is 3.30. The van der Waals surface area contributed by atoms with Crippen molar-refractivity contribution >= 4 is 17.1 Å². The van der Waals surface area contributed by atoms with Crippen LogP contribution in [0.5, 0.6) is 0 Å². The average Bonchev–Trinajstić information content (AvgIpc) is 3.12. The second kappa shape index (κ2) is 7.04. The number of rotatable bonds is 3. The number of aromatic nitrogens is 3. The molecule has 1 saturated heterocycles. The molecule has 0 amide bonds. The molecule has 0 N–H and O–H groups in total. The molecule has 0 radical (unpaired) electrons. The van der Waals surface area contributed by atoms with Crippen molar-refractivity contribution in [3.05, 3.63) is 51.7 Å². The van der Waals surface area contributed by atoms with E-state index in [-0.39, 0.29) is 11.4 Å². The van der Waals surface area contributed by atoms with Crippen molar-refractivity contribution < 1.29 is 8.81 Å². The molecule has 1 fully saturated rings. The maximum atomic E-state index is 13.4. The summed E-state index contributed by atoms with van der Waals surface area (Å²) in [6, 6.07) is 6.72. The quantitative estimate of drug-likeness (QED) is 0.695. The summed E-state index contributed by atoms with van der Waals surface area (Å²) >= 11 is 0. The molecule has 0 bridgehead atoms. The normalized spacial score (nSPS) is 17.8. The number of aryl methyl sites for hydroxylation is 2. The monoisotopic (exact) mass is 382 g/mol. The highest BCUT2D eigenvalue weighted by atomic mass is 19.1. The van der Waals surface area contributed by atoms with E-state index in [1.807, 2.05) is 0 Å². The number of nitrogens with zero attached hydrogens (tertiary/aromatic N) is 4. The van der Waals surface area contributed by atoms with Gasteiger partial charge in [0.25, 0.3) is 11.6 Å². The average molecular weight is 382 g/mol. The zero-order valence-electron chi connectivity index (χ0n) is 15.7. The van der Waals surface area contributed by atoms with Gasteiger partial charge in [0, 0.05) is 31.8 Å². The Labute approximate surface area is 162 Å². The molecule has 1 aliphatic carbocycles. The van der Waals surface area contributed by atoms with Crippen LogP contribution >= 0.6 is 0 Å². The molecule has 2 aliphatic rings. The molecule has 0 unspecified atom stereocenters. The molecule has 1 aliphatic heterocycles. The van der Waals surface area contributed by atoms with Crippen molar-refractivity contribution in [3.63, 3.8) is 0 Å². The highest BCUT2D eigenvalue weighted by molar-refractivity contribution is 5.74. The van der Waals surface area contributed by atoms with Crippen LogP contribution in [-0.2, 0) is 19.4 Å². The van der Waals surface area contributed by atoms with Gasteiger partial charge in [-0.25, -0.2) is 9.07 Å². The Hall–Kier alpha value is -2.70. The molecule has 146 valence electrons. The highest BCUT2D eigenvalue weighted by Gasteiger charge is 2.24. The van der Waals surface area contributed by atoms with E-state index in [1.165, 1.54) is 12.1 Å². The molecular formula is C21H23FN4O2. The predicted octanol–water partition coefficient (Wildman–Crippen LogP) is 3.32. The van der Waals surface area contributed by atoms with Crippen LogP contribution in [0.4, 0.5) is 10.4 Å². The third-order valence-corrected chi connectivity index (χ3v) is 5.93. The summed E-state index contributed by atoms with van der Waals surface area (Å²) < 4.78 is 20.8. The molecule has 1 aromatic carbocycles. The fourth-order valence-corrected chi connectivity index (χ4v) is 4.31. The molecule has 5 rings (SSSR count). The van der Waals surface area contributed by atoms with Gasteiger partial charge < -0.3 is 9.32 Å². The van der Waals surface area contributed by atoms with Crippen molar-refractivity contribution in [3.8, 4) is 0 Å². The van der Waals surface area contributed by atoms with E-state index in [1.54, 1.807) is 16.8 Å². The van der Waals surface area contributed by atoms with Crippen LogP contribution in [0.2, 0.25) is 0 Å². The van der Waals surface area contributed by atoms with Crippen molar-refractivity contribution in [2.75, 3.05) is 18.0 Å². The number of hydrogen-bond acceptors (Lipinski definition) is 5. The number of oxazole rings is 1. The van der Waals surface area contributed by atoms with E-state index in [0.717, 1.165) is 62.9 Å². The minimum atomic E-state index is -0.311. The standard InChI is InChI=1S/C21H23FN4O2/c22-16-5-6-19-18(12-16)23-21(28-19)25-9-7-14(8-10-25)13-26-20(27)11-15-3-1-2-4-17(15)24-26/h5-6,11-12,14H,1-4,7-10,13H2. The van der Waals surface area contributed by atoms with Crippen LogP contribution < -0.4 is 10.5 Å². The molecular weight excluding hydrogens is 359 g/mol. The fourth-order valence-electron chi connectivity index (χ4n) is 4.31. The van der Waals surface area contributed by atoms with E-state index >= 15 is 0 Å². The first kappa shape index (κ1) is 17.4. The Morgan fingerprint density at radius 1 is 1.14 bits per heavy atom. The lowest BCUT2D eigenvalue weighted by molar-refractivity contribution is 0.325. The Balaban J connectivity index is 1.26. The van der Waals surface area contributed by atoms with Crippen LogP contribution in [0.15, 0.2) is 33.5 Å². The van der Waals surface area contributed by atoms with Gasteiger partial charge in [-0.05, 0) is 62.1 Å². The lowest BCUT2D eigenvalue weighted by Crippen LogP contribution is -2.37. The van der Waals surface area contributed by atoms with Crippen molar-refractivity contribution in [2.24, 2.45) is 5.92 Å². The summed E-state index contributed by atoms with van der Waals surface area (Å²) in [4.78, 5) is 18.9. The molecule has 3 heterocycles. The summed E-state index contributed by atoms with van der Waals surface area (Å²) in [5.41, 5.74) is 3.39. The van der Waals surface area contributed by atoms with Gasteiger partial charge in [0.15, 0.2) is 5.58 Å². The number of piperidine rings is 1. The van der Waals surface area contributed by atoms with Gasteiger partial charge in [-0.3, -0.25) is 4.79 Å². The maximum Gasteiger partial charge on any atom is 0.298 e. The number of benzene rings is 1. The van der Waals surface area contributed by atoms with Gasteiger partial charge in [-0.2, -0.15) is 10.1 Å². The number of fused-ring (bicyclic) bond motifs is 2. The van der Waals surface area contributed by atoms with E-state index in [0.29, 0.717) is 29.6 Å². The van der Waals surface area contributed by atoms with E-state index in [2.05, 4.69) is 15.0 Å². The number of halogens is 1. The van der Waals surface area contributed by atoms with Gasteiger partial charge in [-0.15, -0.1) is 0 Å². The first-order valence-electron chi connectivity index (χ1n) is 10.1. The molecule has 0 spiro atoms. The maximum absolute atomic E-state index is 13.4. The van der Waals surface area contributed by atoms with Crippen LogP contribution in [0, 0.1) is 11.7 Å². The summed E-state index contributed by atoms with van der Waals surface area (Å²) in [5, 5.41) is 4.65. The first-order valence-corrected chi connectivity index (χ1v) is 10.1. The van der Waals surface area contributed by atoms with Crippen molar-refractivity contribution in [2.45, 2.75) is 45.1 Å². The number of hydrogen-bond donors (Lipinski definition) is 0. The van der Waals surface area contributed by atoms with Gasteiger partial charge in [-0.1, -0.05) is 0 Å². The lowest BCUT2D eigenvalue weighted by atomic mass is 9.96. The molecule has 2 aromatic heterocycles. The fraction of sp³-hybridized carbons (Fsp3) is 0.476. The highest BCUT2D eigenvalue weighted by Crippen LogP contribution is 2.27. The Morgan fingerprint density at radius 3 is 2.82 bits per heavy atom. The van der Waals surface area contributed by atoms with E-state index in [4.69, 9.17) is 4.42 Å². The second-order valence-electron chi connectivity index (χ2n) is 7.88. The SMILES string of the molecule is O=c1cc2c(nn1CC1CCN(c3nc4cc(F)ccc4o3)CC1)CCCC2. The Morgan fingerprint density at radius 2 is 1.96 bits per heavy atom. The number of anilines is 1. The van der Waals surface area contributed by atoms with Crippen LogP contribution in [0.1, 0.15) is 36.9 Å². The van der Waals surface area contributed by atoms with Gasteiger partial charge in [0.2, 0.25) is 0 Å². The molecule has 28 heavy (non-hydrogen) atoms. The third-order valence-electron chi connectivity index (χ3n) is 5.93. The van der Waals surface area contributed by atoms with Crippen LogP contribution in [0.3, 0.4) is 0 Å². The molecule has 7 heteroatoms. The topological polar surface area (TPSA) is 64.2 Å². The van der Waals surface area contributed by atoms with Crippen molar-refractivity contribution in [1.82, 2.24) is 14.8 Å². The minimum Gasteiger partial charge on any atom is -0.423 e.